The summed E-state index contributed by atoms with van der Waals surface area (Å²) in [5.74, 6) is 0.692. The van der Waals surface area contributed by atoms with E-state index in [-0.39, 0.29) is 5.41 Å². The van der Waals surface area contributed by atoms with Crippen LogP contribution in [0, 0.1) is 11.3 Å². The molecule has 2 saturated carbocycles. The van der Waals surface area contributed by atoms with Gasteiger partial charge in [-0.3, -0.25) is 0 Å². The third-order valence-corrected chi connectivity index (χ3v) is 4.84. The number of nitrogens with two attached hydrogens (primary N) is 1. The molecule has 0 aromatic carbocycles. The fourth-order valence-corrected chi connectivity index (χ4v) is 3.37. The molecule has 3 N–H and O–H groups in total. The molecule has 2 aliphatic carbocycles. The minimum Gasteiger partial charge on any atom is -0.381 e. The first-order valence-corrected chi connectivity index (χ1v) is 6.58. The topological polar surface area (TPSA) is 47.3 Å². The molecule has 2 fully saturated rings. The van der Waals surface area contributed by atoms with Crippen molar-refractivity contribution >= 4 is 0 Å². The molecule has 0 aromatic heterocycles. The molecule has 2 aliphatic rings. The largest absolute Gasteiger partial charge is 0.381 e. The van der Waals surface area contributed by atoms with Crippen molar-refractivity contribution in [3.63, 3.8) is 0 Å². The van der Waals surface area contributed by atoms with Gasteiger partial charge in [0.05, 0.1) is 6.10 Å². The van der Waals surface area contributed by atoms with Crippen LogP contribution in [-0.2, 0) is 4.74 Å². The van der Waals surface area contributed by atoms with Gasteiger partial charge in [-0.25, -0.2) is 0 Å². The standard InChI is InChI=1S/C13H26N2O/c1-13(2)11(7-12(13)16-3)15-10-6-4-5-9(10)8-14/h9-12,15H,4-8,14H2,1-3H3. The predicted molar refractivity (Wildman–Crippen MR) is 66.3 cm³/mol. The van der Waals surface area contributed by atoms with Gasteiger partial charge in [0, 0.05) is 24.6 Å². The first kappa shape index (κ1) is 12.3. The molecule has 0 saturated heterocycles. The van der Waals surface area contributed by atoms with Crippen LogP contribution < -0.4 is 11.1 Å². The zero-order valence-electron chi connectivity index (χ0n) is 10.8. The molecule has 0 aromatic rings. The number of rotatable bonds is 4. The summed E-state index contributed by atoms with van der Waals surface area (Å²) in [7, 11) is 1.82. The predicted octanol–water partition coefficient (Wildman–Crippen LogP) is 1.52. The quantitative estimate of drug-likeness (QED) is 0.764. The summed E-state index contributed by atoms with van der Waals surface area (Å²) in [6.07, 6.45) is 5.50. The van der Waals surface area contributed by atoms with Crippen LogP contribution in [0.4, 0.5) is 0 Å². The lowest BCUT2D eigenvalue weighted by Gasteiger charge is -2.52. The van der Waals surface area contributed by atoms with E-state index in [2.05, 4.69) is 19.2 Å². The molecule has 0 radical (unpaired) electrons. The van der Waals surface area contributed by atoms with Crippen LogP contribution in [0.25, 0.3) is 0 Å². The molecule has 16 heavy (non-hydrogen) atoms. The summed E-state index contributed by atoms with van der Waals surface area (Å²) in [4.78, 5) is 0. The highest BCUT2D eigenvalue weighted by atomic mass is 16.5. The van der Waals surface area contributed by atoms with Crippen LogP contribution >= 0.6 is 0 Å². The maximum Gasteiger partial charge on any atom is 0.0652 e. The smallest absolute Gasteiger partial charge is 0.0652 e. The van der Waals surface area contributed by atoms with Gasteiger partial charge in [-0.05, 0) is 31.7 Å². The Morgan fingerprint density at radius 3 is 2.69 bits per heavy atom. The van der Waals surface area contributed by atoms with E-state index in [1.165, 1.54) is 19.3 Å². The van der Waals surface area contributed by atoms with Crippen LogP contribution in [0.1, 0.15) is 39.5 Å². The first-order chi connectivity index (χ1) is 7.59. The Bertz CT molecular complexity index is 242. The Kier molecular flexibility index (Phi) is 3.57. The van der Waals surface area contributed by atoms with Gasteiger partial charge in [-0.2, -0.15) is 0 Å². The van der Waals surface area contributed by atoms with Crippen molar-refractivity contribution < 1.29 is 4.74 Å². The monoisotopic (exact) mass is 226 g/mol. The van der Waals surface area contributed by atoms with Crippen molar-refractivity contribution in [3.05, 3.63) is 0 Å². The van der Waals surface area contributed by atoms with Crippen molar-refractivity contribution in [2.24, 2.45) is 17.1 Å². The summed E-state index contributed by atoms with van der Waals surface area (Å²) < 4.78 is 5.48. The number of methoxy groups -OCH3 is 1. The lowest BCUT2D eigenvalue weighted by Crippen LogP contribution is -2.63. The highest BCUT2D eigenvalue weighted by molar-refractivity contribution is 5.04. The molecule has 3 nitrogen and oxygen atoms in total. The van der Waals surface area contributed by atoms with Crippen molar-refractivity contribution in [1.82, 2.24) is 5.32 Å². The lowest BCUT2D eigenvalue weighted by atomic mass is 9.64. The normalized spacial score (nSPS) is 42.0. The van der Waals surface area contributed by atoms with Crippen molar-refractivity contribution in [1.29, 1.82) is 0 Å². The third-order valence-electron chi connectivity index (χ3n) is 4.84. The molecule has 0 spiro atoms. The van der Waals surface area contributed by atoms with Gasteiger partial charge >= 0.3 is 0 Å². The molecule has 0 amide bonds. The number of ether oxygens (including phenoxy) is 1. The van der Waals surface area contributed by atoms with E-state index in [0.29, 0.717) is 24.1 Å². The average molecular weight is 226 g/mol. The molecule has 4 unspecified atom stereocenters. The van der Waals surface area contributed by atoms with E-state index in [9.17, 15) is 0 Å². The second kappa shape index (κ2) is 4.63. The molecule has 3 heteroatoms. The van der Waals surface area contributed by atoms with Crippen molar-refractivity contribution in [2.45, 2.75) is 57.7 Å². The van der Waals surface area contributed by atoms with E-state index in [0.717, 1.165) is 13.0 Å². The minimum absolute atomic E-state index is 0.274. The van der Waals surface area contributed by atoms with Crippen LogP contribution in [0.5, 0.6) is 0 Å². The van der Waals surface area contributed by atoms with Crippen LogP contribution in [0.2, 0.25) is 0 Å². The highest BCUT2D eigenvalue weighted by Gasteiger charge is 2.49. The van der Waals surface area contributed by atoms with Gasteiger partial charge in [-0.15, -0.1) is 0 Å². The molecular formula is C13H26N2O. The zero-order valence-corrected chi connectivity index (χ0v) is 10.8. The minimum atomic E-state index is 0.274. The Labute approximate surface area is 99.1 Å². The molecule has 94 valence electrons. The molecule has 4 atom stereocenters. The maximum absolute atomic E-state index is 5.82. The summed E-state index contributed by atoms with van der Waals surface area (Å²) in [5.41, 5.74) is 6.09. The van der Waals surface area contributed by atoms with Crippen molar-refractivity contribution in [3.8, 4) is 0 Å². The third kappa shape index (κ3) is 2.01. The molecular weight excluding hydrogens is 200 g/mol. The summed E-state index contributed by atoms with van der Waals surface area (Å²) >= 11 is 0. The van der Waals surface area contributed by atoms with Gasteiger partial charge in [0.2, 0.25) is 0 Å². The van der Waals surface area contributed by atoms with Crippen molar-refractivity contribution in [2.75, 3.05) is 13.7 Å². The Morgan fingerprint density at radius 2 is 2.12 bits per heavy atom. The molecule has 0 heterocycles. The Morgan fingerprint density at radius 1 is 1.38 bits per heavy atom. The van der Waals surface area contributed by atoms with E-state index >= 15 is 0 Å². The van der Waals surface area contributed by atoms with Crippen LogP contribution in [-0.4, -0.2) is 31.8 Å². The van der Waals surface area contributed by atoms with E-state index in [1.807, 2.05) is 7.11 Å². The summed E-state index contributed by atoms with van der Waals surface area (Å²) in [5, 5.41) is 3.81. The fraction of sp³-hybridized carbons (Fsp3) is 1.00. The van der Waals surface area contributed by atoms with Gasteiger partial charge in [0.1, 0.15) is 0 Å². The zero-order chi connectivity index (χ0) is 11.8. The van der Waals surface area contributed by atoms with E-state index in [1.54, 1.807) is 0 Å². The van der Waals surface area contributed by atoms with Gasteiger partial charge < -0.3 is 15.8 Å². The van der Waals surface area contributed by atoms with Gasteiger partial charge in [0.15, 0.2) is 0 Å². The number of nitrogens with one attached hydrogen (secondary N) is 1. The fourth-order valence-electron chi connectivity index (χ4n) is 3.37. The summed E-state index contributed by atoms with van der Waals surface area (Å²) in [6.45, 7) is 5.43. The molecule has 2 rings (SSSR count). The second-order valence-electron chi connectivity index (χ2n) is 6.03. The SMILES string of the molecule is COC1CC(NC2CCCC2CN)C1(C)C. The number of hydrogen-bond donors (Lipinski definition) is 2. The maximum atomic E-state index is 5.82. The molecule has 0 aliphatic heterocycles. The lowest BCUT2D eigenvalue weighted by molar-refractivity contribution is -0.101. The highest BCUT2D eigenvalue weighted by Crippen LogP contribution is 2.43. The summed E-state index contributed by atoms with van der Waals surface area (Å²) in [6, 6.07) is 1.25. The van der Waals surface area contributed by atoms with Crippen LogP contribution in [0.15, 0.2) is 0 Å². The van der Waals surface area contributed by atoms with E-state index in [4.69, 9.17) is 10.5 Å². The molecule has 0 bridgehead atoms. The van der Waals surface area contributed by atoms with Gasteiger partial charge in [-0.1, -0.05) is 20.3 Å². The Hall–Kier alpha value is -0.120. The van der Waals surface area contributed by atoms with Gasteiger partial charge in [0.25, 0.3) is 0 Å². The van der Waals surface area contributed by atoms with E-state index < -0.39 is 0 Å². The number of hydrogen-bond acceptors (Lipinski definition) is 3. The first-order valence-electron chi connectivity index (χ1n) is 6.58. The average Bonchev–Trinajstić information content (AvgIpc) is 2.70. The Balaban J connectivity index is 1.87. The van der Waals surface area contributed by atoms with Crippen LogP contribution in [0.3, 0.4) is 0 Å². The second-order valence-corrected chi connectivity index (χ2v) is 6.03.